The first-order valence-electron chi connectivity index (χ1n) is 8.27. The van der Waals surface area contributed by atoms with Crippen molar-refractivity contribution in [3.63, 3.8) is 0 Å². The average molecular weight is 382 g/mol. The maximum absolute atomic E-state index is 12.7. The van der Waals surface area contributed by atoms with Gasteiger partial charge in [0.25, 0.3) is 0 Å². The summed E-state index contributed by atoms with van der Waals surface area (Å²) in [7, 11) is 0. The Hall–Kier alpha value is -2.13. The number of hydrogen-bond acceptors (Lipinski definition) is 3. The molecular weight excluding hydrogens is 365 g/mol. The van der Waals surface area contributed by atoms with Crippen molar-refractivity contribution in [3.05, 3.63) is 45.7 Å². The van der Waals surface area contributed by atoms with Gasteiger partial charge in [0.05, 0.1) is 5.56 Å². The molecule has 138 valence electrons. The second-order valence-corrected chi connectivity index (χ2v) is 7.79. The van der Waals surface area contributed by atoms with Crippen molar-refractivity contribution < 1.29 is 18.0 Å². The van der Waals surface area contributed by atoms with Crippen LogP contribution in [0.2, 0.25) is 0 Å². The van der Waals surface area contributed by atoms with Crippen LogP contribution < -0.4 is 10.1 Å². The summed E-state index contributed by atoms with van der Waals surface area (Å²) in [5, 5.41) is 3.33. The van der Waals surface area contributed by atoms with Crippen LogP contribution in [-0.2, 0) is 6.18 Å². The Kier molecular flexibility index (Phi) is 4.15. The number of carbonyl (C=O) groups is 1. The van der Waals surface area contributed by atoms with Crippen molar-refractivity contribution in [1.29, 1.82) is 0 Å². The summed E-state index contributed by atoms with van der Waals surface area (Å²) in [5.41, 5.74) is -0.164. The Morgan fingerprint density at radius 3 is 2.62 bits per heavy atom. The third-order valence-corrected chi connectivity index (χ3v) is 5.63. The van der Waals surface area contributed by atoms with Gasteiger partial charge in [-0.1, -0.05) is 0 Å². The molecule has 0 unspecified atom stereocenters. The fraction of sp³-hybridized carbons (Fsp3) is 0.412. The molecule has 2 aliphatic rings. The molecule has 2 saturated heterocycles. The quantitative estimate of drug-likeness (QED) is 0.825. The summed E-state index contributed by atoms with van der Waals surface area (Å²) in [6, 6.07) is 5.07. The molecule has 2 bridgehead atoms. The Morgan fingerprint density at radius 2 is 2.04 bits per heavy atom. The predicted molar refractivity (Wildman–Crippen MR) is 91.2 cm³/mol. The second-order valence-electron chi connectivity index (χ2n) is 6.58. The van der Waals surface area contributed by atoms with Crippen molar-refractivity contribution >= 4 is 17.4 Å². The van der Waals surface area contributed by atoms with E-state index < -0.39 is 11.7 Å². The molecule has 1 aromatic heterocycles. The highest BCUT2D eigenvalue weighted by Gasteiger charge is 2.40. The fourth-order valence-corrected chi connectivity index (χ4v) is 4.30. The number of halogens is 3. The molecule has 0 radical (unpaired) electrons. The van der Waals surface area contributed by atoms with Gasteiger partial charge in [0, 0.05) is 41.9 Å². The highest BCUT2D eigenvalue weighted by molar-refractivity contribution is 7.09. The van der Waals surface area contributed by atoms with Gasteiger partial charge in [-0.2, -0.15) is 18.2 Å². The normalized spacial score (nSPS) is 23.1. The average Bonchev–Trinajstić information content (AvgIpc) is 3.29. The van der Waals surface area contributed by atoms with E-state index in [1.165, 1.54) is 23.5 Å². The van der Waals surface area contributed by atoms with Crippen LogP contribution in [0.5, 0.6) is 0 Å². The van der Waals surface area contributed by atoms with Crippen molar-refractivity contribution in [2.45, 2.75) is 31.6 Å². The molecule has 26 heavy (non-hydrogen) atoms. The Morgan fingerprint density at radius 1 is 1.31 bits per heavy atom. The van der Waals surface area contributed by atoms with Gasteiger partial charge in [0.1, 0.15) is 0 Å². The van der Waals surface area contributed by atoms with E-state index in [2.05, 4.69) is 10.3 Å². The van der Waals surface area contributed by atoms with Crippen LogP contribution in [0.1, 0.15) is 16.9 Å². The molecule has 0 aliphatic carbocycles. The fourth-order valence-electron chi connectivity index (χ4n) is 3.47. The maximum atomic E-state index is 12.7. The van der Waals surface area contributed by atoms with Crippen LogP contribution >= 0.6 is 11.3 Å². The van der Waals surface area contributed by atoms with Gasteiger partial charge in [-0.05, 0) is 37.6 Å². The Labute approximate surface area is 151 Å². The topological polar surface area (TPSA) is 49.6 Å². The van der Waals surface area contributed by atoms with E-state index in [9.17, 15) is 18.0 Å². The van der Waals surface area contributed by atoms with Crippen LogP contribution in [0.4, 0.5) is 18.0 Å². The Balaban J connectivity index is 1.65. The number of rotatable bonds is 1. The molecule has 2 fully saturated rings. The van der Waals surface area contributed by atoms with E-state index in [4.69, 9.17) is 0 Å². The lowest BCUT2D eigenvalue weighted by Crippen LogP contribution is -2.46. The number of fused-ring (bicyclic) bond motifs is 2. The zero-order valence-corrected chi connectivity index (χ0v) is 14.8. The number of alkyl halides is 3. The first-order chi connectivity index (χ1) is 12.3. The summed E-state index contributed by atoms with van der Waals surface area (Å²) < 4.78 is 39.9. The highest BCUT2D eigenvalue weighted by Crippen LogP contribution is 2.29. The second kappa shape index (κ2) is 6.24. The molecule has 1 aromatic carbocycles. The van der Waals surface area contributed by atoms with Gasteiger partial charge in [0.15, 0.2) is 4.80 Å². The molecular formula is C17H17F3N4OS. The SMILES string of the molecule is Cc1cn(-c2ccc(C(F)(F)F)cc2)/c(=N/C(=O)N2C[C@@H]3C[C@H]2CN3)s1. The number of carbonyl (C=O) groups excluding carboxylic acids is 1. The van der Waals surface area contributed by atoms with E-state index in [-0.39, 0.29) is 12.1 Å². The van der Waals surface area contributed by atoms with Gasteiger partial charge in [-0.3, -0.25) is 4.57 Å². The molecule has 3 heterocycles. The number of amides is 2. The van der Waals surface area contributed by atoms with Crippen molar-refractivity contribution in [2.75, 3.05) is 13.1 Å². The van der Waals surface area contributed by atoms with E-state index in [1.807, 2.05) is 6.92 Å². The number of likely N-dealkylation sites (tertiary alicyclic amines) is 1. The lowest BCUT2D eigenvalue weighted by Gasteiger charge is -2.25. The maximum Gasteiger partial charge on any atom is 0.416 e. The number of hydrogen-bond donors (Lipinski definition) is 1. The van der Waals surface area contributed by atoms with Gasteiger partial charge < -0.3 is 10.2 Å². The van der Waals surface area contributed by atoms with E-state index >= 15 is 0 Å². The summed E-state index contributed by atoms with van der Waals surface area (Å²) >= 11 is 1.34. The lowest BCUT2D eigenvalue weighted by atomic mass is 10.2. The molecule has 4 rings (SSSR count). The third kappa shape index (κ3) is 3.16. The molecule has 0 spiro atoms. The Bertz CT molecular complexity index is 900. The first kappa shape index (κ1) is 17.3. The minimum atomic E-state index is -4.37. The predicted octanol–water partition coefficient (Wildman–Crippen LogP) is 2.93. The molecule has 9 heteroatoms. The van der Waals surface area contributed by atoms with Crippen LogP contribution in [0.25, 0.3) is 5.69 Å². The molecule has 2 aromatic rings. The third-order valence-electron chi connectivity index (χ3n) is 4.74. The molecule has 2 amide bonds. The van der Waals surface area contributed by atoms with Crippen LogP contribution in [0, 0.1) is 6.92 Å². The van der Waals surface area contributed by atoms with Crippen molar-refractivity contribution in [3.8, 4) is 5.69 Å². The highest BCUT2D eigenvalue weighted by atomic mass is 32.1. The van der Waals surface area contributed by atoms with Gasteiger partial charge >= 0.3 is 12.2 Å². The lowest BCUT2D eigenvalue weighted by molar-refractivity contribution is -0.137. The standard InChI is InChI=1S/C17H17F3N4OS/c1-10-8-24(13-4-2-11(3-5-13)17(18,19)20)16(26-10)22-15(25)23-9-12-6-14(23)7-21-12/h2-5,8,12,14,21H,6-7,9H2,1H3/b22-16-/t12-,14-/m0/s1. The zero-order valence-electron chi connectivity index (χ0n) is 14.0. The van der Waals surface area contributed by atoms with Gasteiger partial charge in [-0.15, -0.1) is 11.3 Å². The number of piperazine rings is 1. The van der Waals surface area contributed by atoms with Crippen LogP contribution in [0.3, 0.4) is 0 Å². The number of urea groups is 1. The first-order valence-corrected chi connectivity index (χ1v) is 9.08. The van der Waals surface area contributed by atoms with E-state index in [1.54, 1.807) is 15.7 Å². The minimum Gasteiger partial charge on any atom is -0.317 e. The summed E-state index contributed by atoms with van der Waals surface area (Å²) in [5.74, 6) is 0. The number of thiazole rings is 1. The summed E-state index contributed by atoms with van der Waals surface area (Å²) in [4.78, 5) is 20.0. The number of aryl methyl sites for hydroxylation is 1. The van der Waals surface area contributed by atoms with Crippen LogP contribution in [0.15, 0.2) is 35.5 Å². The summed E-state index contributed by atoms with van der Waals surface area (Å²) in [6.07, 6.45) is -1.65. The largest absolute Gasteiger partial charge is 0.416 e. The molecule has 2 atom stereocenters. The molecule has 2 aliphatic heterocycles. The molecule has 5 nitrogen and oxygen atoms in total. The number of nitrogens with one attached hydrogen (secondary N) is 1. The number of nitrogens with zero attached hydrogens (tertiary/aromatic N) is 3. The molecule has 0 saturated carbocycles. The van der Waals surface area contributed by atoms with Gasteiger partial charge in [-0.25, -0.2) is 4.79 Å². The summed E-state index contributed by atoms with van der Waals surface area (Å²) in [6.45, 7) is 3.31. The zero-order chi connectivity index (χ0) is 18.5. The number of benzene rings is 1. The van der Waals surface area contributed by atoms with Crippen molar-refractivity contribution in [1.82, 2.24) is 14.8 Å². The van der Waals surface area contributed by atoms with Gasteiger partial charge in [0.2, 0.25) is 0 Å². The van der Waals surface area contributed by atoms with Crippen LogP contribution in [-0.4, -0.2) is 40.7 Å². The van der Waals surface area contributed by atoms with Crippen molar-refractivity contribution in [2.24, 2.45) is 4.99 Å². The smallest absolute Gasteiger partial charge is 0.317 e. The monoisotopic (exact) mass is 382 g/mol. The van der Waals surface area contributed by atoms with E-state index in [0.717, 1.165) is 30.0 Å². The number of aromatic nitrogens is 1. The molecule has 1 N–H and O–H groups in total. The van der Waals surface area contributed by atoms with E-state index in [0.29, 0.717) is 23.1 Å². The minimum absolute atomic E-state index is 0.178.